The predicted octanol–water partition coefficient (Wildman–Crippen LogP) is 3.45. The van der Waals surface area contributed by atoms with Crippen molar-refractivity contribution in [1.82, 2.24) is 4.90 Å². The molecule has 98 valence electrons. The highest BCUT2D eigenvalue weighted by Crippen LogP contribution is 2.38. The highest BCUT2D eigenvalue weighted by Gasteiger charge is 2.33. The summed E-state index contributed by atoms with van der Waals surface area (Å²) in [5.41, 5.74) is 1.11. The van der Waals surface area contributed by atoms with Crippen LogP contribution in [0.15, 0.2) is 22.7 Å². The van der Waals surface area contributed by atoms with Gasteiger partial charge in [0.05, 0.1) is 9.40 Å². The first-order chi connectivity index (χ1) is 8.49. The molecule has 0 bridgehead atoms. The van der Waals surface area contributed by atoms with Gasteiger partial charge in [0, 0.05) is 19.2 Å². The minimum atomic E-state index is -0.351. The number of nitro benzene ring substituents is 1. The van der Waals surface area contributed by atoms with Gasteiger partial charge in [0.25, 0.3) is 5.69 Å². The van der Waals surface area contributed by atoms with Crippen molar-refractivity contribution in [1.29, 1.82) is 0 Å². The summed E-state index contributed by atoms with van der Waals surface area (Å²) in [6.07, 6.45) is 1.31. The Hall–Kier alpha value is -0.940. The van der Waals surface area contributed by atoms with Crippen LogP contribution < -0.4 is 0 Å². The van der Waals surface area contributed by atoms with Crippen molar-refractivity contribution < 1.29 is 4.92 Å². The van der Waals surface area contributed by atoms with Gasteiger partial charge < -0.3 is 4.90 Å². The topological polar surface area (TPSA) is 46.4 Å². The van der Waals surface area contributed by atoms with Crippen molar-refractivity contribution in [3.05, 3.63) is 38.3 Å². The van der Waals surface area contributed by atoms with E-state index in [4.69, 9.17) is 0 Å². The fourth-order valence-electron chi connectivity index (χ4n) is 2.24. The van der Waals surface area contributed by atoms with Crippen molar-refractivity contribution in [3.8, 4) is 0 Å². The molecule has 0 N–H and O–H groups in total. The minimum Gasteiger partial charge on any atom is -0.302 e. The number of hydrogen-bond acceptors (Lipinski definition) is 3. The quantitative estimate of drug-likeness (QED) is 0.618. The molecule has 4 nitrogen and oxygen atoms in total. The van der Waals surface area contributed by atoms with Crippen LogP contribution in [0, 0.1) is 22.0 Å². The van der Waals surface area contributed by atoms with E-state index in [0.29, 0.717) is 4.47 Å². The third-order valence-electron chi connectivity index (χ3n) is 3.52. The zero-order chi connectivity index (χ0) is 13.3. The summed E-state index contributed by atoms with van der Waals surface area (Å²) in [7, 11) is 2.07. The van der Waals surface area contributed by atoms with E-state index in [1.165, 1.54) is 12.5 Å². The SMILES string of the molecule is CC1CC1CN(C)Cc1cccc([N+](=O)[O-])c1Br. The maximum Gasteiger partial charge on any atom is 0.283 e. The molecule has 0 heterocycles. The van der Waals surface area contributed by atoms with Crippen LogP contribution in [0.5, 0.6) is 0 Å². The average Bonchev–Trinajstić information content (AvgIpc) is 2.96. The van der Waals surface area contributed by atoms with E-state index < -0.39 is 0 Å². The molecule has 5 heteroatoms. The van der Waals surface area contributed by atoms with Crippen LogP contribution in [0.2, 0.25) is 0 Å². The Labute approximate surface area is 115 Å². The molecule has 1 aliphatic rings. The van der Waals surface area contributed by atoms with Crippen LogP contribution >= 0.6 is 15.9 Å². The molecule has 0 aliphatic heterocycles. The van der Waals surface area contributed by atoms with Crippen LogP contribution in [-0.4, -0.2) is 23.4 Å². The summed E-state index contributed by atoms with van der Waals surface area (Å²) in [6, 6.07) is 5.20. The Morgan fingerprint density at radius 3 is 2.78 bits per heavy atom. The first-order valence-corrected chi connectivity index (χ1v) is 6.88. The van der Waals surface area contributed by atoms with E-state index in [9.17, 15) is 10.1 Å². The van der Waals surface area contributed by atoms with Gasteiger partial charge in [-0.05, 0) is 46.8 Å². The van der Waals surface area contributed by atoms with Crippen LogP contribution in [0.3, 0.4) is 0 Å². The lowest BCUT2D eigenvalue weighted by Crippen LogP contribution is -2.21. The summed E-state index contributed by atoms with van der Waals surface area (Å²) >= 11 is 3.34. The summed E-state index contributed by atoms with van der Waals surface area (Å²) in [5.74, 6) is 1.63. The van der Waals surface area contributed by atoms with Gasteiger partial charge >= 0.3 is 0 Å². The van der Waals surface area contributed by atoms with E-state index in [2.05, 4.69) is 34.8 Å². The summed E-state index contributed by atoms with van der Waals surface area (Å²) < 4.78 is 0.602. The molecule has 18 heavy (non-hydrogen) atoms. The Morgan fingerprint density at radius 2 is 2.22 bits per heavy atom. The van der Waals surface area contributed by atoms with Crippen molar-refractivity contribution in [2.24, 2.45) is 11.8 Å². The summed E-state index contributed by atoms with van der Waals surface area (Å²) in [4.78, 5) is 12.7. The Kier molecular flexibility index (Phi) is 4.02. The molecule has 1 aliphatic carbocycles. The van der Waals surface area contributed by atoms with Crippen LogP contribution in [0.25, 0.3) is 0 Å². The fraction of sp³-hybridized carbons (Fsp3) is 0.538. The highest BCUT2D eigenvalue weighted by molar-refractivity contribution is 9.10. The van der Waals surface area contributed by atoms with E-state index in [1.807, 2.05) is 6.07 Å². The predicted molar refractivity (Wildman–Crippen MR) is 74.4 cm³/mol. The number of halogens is 1. The third kappa shape index (κ3) is 3.09. The number of nitro groups is 1. The molecule has 1 fully saturated rings. The third-order valence-corrected chi connectivity index (χ3v) is 4.43. The second-order valence-corrected chi connectivity index (χ2v) is 5.97. The maximum absolute atomic E-state index is 10.9. The van der Waals surface area contributed by atoms with Gasteiger partial charge in [0.2, 0.25) is 0 Å². The molecule has 2 unspecified atom stereocenters. The maximum atomic E-state index is 10.9. The number of nitrogens with zero attached hydrogens (tertiary/aromatic N) is 2. The van der Waals surface area contributed by atoms with E-state index in [1.54, 1.807) is 6.07 Å². The van der Waals surface area contributed by atoms with Gasteiger partial charge in [-0.15, -0.1) is 0 Å². The van der Waals surface area contributed by atoms with Gasteiger partial charge in [-0.3, -0.25) is 10.1 Å². The van der Waals surface area contributed by atoms with Crippen LogP contribution in [0.4, 0.5) is 5.69 Å². The molecule has 0 radical (unpaired) electrons. The second kappa shape index (κ2) is 5.36. The monoisotopic (exact) mass is 312 g/mol. The second-order valence-electron chi connectivity index (χ2n) is 5.18. The van der Waals surface area contributed by atoms with Gasteiger partial charge in [0.1, 0.15) is 0 Å². The Bertz CT molecular complexity index is 464. The van der Waals surface area contributed by atoms with Crippen molar-refractivity contribution in [2.45, 2.75) is 19.9 Å². The molecular formula is C13H17BrN2O2. The molecule has 1 aromatic carbocycles. The number of rotatable bonds is 5. The van der Waals surface area contributed by atoms with Crippen LogP contribution in [0.1, 0.15) is 18.9 Å². The highest BCUT2D eigenvalue weighted by atomic mass is 79.9. The molecule has 0 spiro atoms. The minimum absolute atomic E-state index is 0.140. The van der Waals surface area contributed by atoms with Gasteiger partial charge in [-0.25, -0.2) is 0 Å². The molecule has 2 atom stereocenters. The fourth-order valence-corrected chi connectivity index (χ4v) is 2.77. The summed E-state index contributed by atoms with van der Waals surface area (Å²) in [6.45, 7) is 4.07. The summed E-state index contributed by atoms with van der Waals surface area (Å²) in [5, 5.41) is 10.9. The van der Waals surface area contributed by atoms with Crippen molar-refractivity contribution in [2.75, 3.05) is 13.6 Å². The first kappa shape index (κ1) is 13.5. The molecule has 0 saturated heterocycles. The molecule has 1 aromatic rings. The zero-order valence-electron chi connectivity index (χ0n) is 10.6. The lowest BCUT2D eigenvalue weighted by molar-refractivity contribution is -0.385. The molecule has 1 saturated carbocycles. The normalized spacial score (nSPS) is 22.2. The van der Waals surface area contributed by atoms with Crippen molar-refractivity contribution >= 4 is 21.6 Å². The van der Waals surface area contributed by atoms with Gasteiger partial charge in [-0.2, -0.15) is 0 Å². The number of benzene rings is 1. The molecule has 2 rings (SSSR count). The average molecular weight is 313 g/mol. The Morgan fingerprint density at radius 1 is 1.56 bits per heavy atom. The molecular weight excluding hydrogens is 296 g/mol. The van der Waals surface area contributed by atoms with Gasteiger partial charge in [-0.1, -0.05) is 19.1 Å². The largest absolute Gasteiger partial charge is 0.302 e. The smallest absolute Gasteiger partial charge is 0.283 e. The standard InChI is InChI=1S/C13H17BrN2O2/c1-9-6-11(9)8-15(2)7-10-4-3-5-12(13(10)14)16(17)18/h3-5,9,11H,6-8H2,1-2H3. The van der Waals surface area contributed by atoms with Crippen LogP contribution in [-0.2, 0) is 6.54 Å². The van der Waals surface area contributed by atoms with Gasteiger partial charge in [0.15, 0.2) is 0 Å². The zero-order valence-corrected chi connectivity index (χ0v) is 12.2. The Balaban J connectivity index is 2.04. The van der Waals surface area contributed by atoms with E-state index in [-0.39, 0.29) is 10.6 Å². The lowest BCUT2D eigenvalue weighted by atomic mass is 10.2. The number of hydrogen-bond donors (Lipinski definition) is 0. The van der Waals surface area contributed by atoms with E-state index in [0.717, 1.165) is 30.5 Å². The molecule has 0 aromatic heterocycles. The molecule has 0 amide bonds. The van der Waals surface area contributed by atoms with E-state index >= 15 is 0 Å². The lowest BCUT2D eigenvalue weighted by Gasteiger charge is -2.17. The van der Waals surface area contributed by atoms with Crippen molar-refractivity contribution in [3.63, 3.8) is 0 Å². The first-order valence-electron chi connectivity index (χ1n) is 6.09.